The number of nitrogens with zero attached hydrogens (tertiary/aromatic N) is 2. The van der Waals surface area contributed by atoms with Crippen LogP contribution in [-0.4, -0.2) is 33.1 Å². The Hall–Kier alpha value is -3.85. The van der Waals surface area contributed by atoms with Gasteiger partial charge in [0.1, 0.15) is 0 Å². The van der Waals surface area contributed by atoms with Gasteiger partial charge in [-0.2, -0.15) is 0 Å². The Morgan fingerprint density at radius 3 is 2.67 bits per heavy atom. The molecular formula is C21H16N4O4S. The number of aromatic nitrogens is 2. The molecule has 0 bridgehead atoms. The quantitative estimate of drug-likeness (QED) is 0.204. The number of aromatic amines is 1. The minimum atomic E-state index is -0.660. The smallest absolute Gasteiger partial charge is 0.292 e. The number of non-ortho nitro benzene ring substituents is 1. The van der Waals surface area contributed by atoms with Crippen molar-refractivity contribution in [3.05, 3.63) is 80.8 Å². The van der Waals surface area contributed by atoms with Crippen molar-refractivity contribution >= 4 is 39.6 Å². The Morgan fingerprint density at radius 2 is 1.90 bits per heavy atom. The highest BCUT2D eigenvalue weighted by atomic mass is 32.1. The Labute approximate surface area is 174 Å². The summed E-state index contributed by atoms with van der Waals surface area (Å²) in [5.74, 6) is -1.25. The van der Waals surface area contributed by atoms with E-state index < -0.39 is 16.6 Å². The van der Waals surface area contributed by atoms with Crippen LogP contribution in [0.25, 0.3) is 22.2 Å². The van der Waals surface area contributed by atoms with E-state index in [1.807, 2.05) is 23.6 Å². The fraction of sp³-hybridized carbons (Fsp3) is 0.0952. The molecular weight excluding hydrogens is 404 g/mol. The number of nitrogens with one attached hydrogen (secondary N) is 2. The second-order valence-electron chi connectivity index (χ2n) is 6.51. The second-order valence-corrected chi connectivity index (χ2v) is 7.46. The molecule has 2 heterocycles. The lowest BCUT2D eigenvalue weighted by Crippen LogP contribution is -2.32. The number of Topliss-reactive ketones (excluding diaryl/α,β-unsaturated/α-hetero) is 1. The van der Waals surface area contributed by atoms with Gasteiger partial charge in [0.15, 0.2) is 0 Å². The summed E-state index contributed by atoms with van der Waals surface area (Å²) in [5.41, 5.74) is 2.66. The molecule has 0 fully saturated rings. The zero-order valence-electron chi connectivity index (χ0n) is 15.6. The highest BCUT2D eigenvalue weighted by Gasteiger charge is 2.19. The summed E-state index contributed by atoms with van der Waals surface area (Å²) in [7, 11) is 0. The van der Waals surface area contributed by atoms with E-state index in [9.17, 15) is 19.7 Å². The van der Waals surface area contributed by atoms with Crippen molar-refractivity contribution < 1.29 is 14.5 Å². The van der Waals surface area contributed by atoms with Crippen molar-refractivity contribution in [2.45, 2.75) is 6.42 Å². The summed E-state index contributed by atoms with van der Waals surface area (Å²) in [4.78, 5) is 42.5. The van der Waals surface area contributed by atoms with E-state index in [-0.39, 0.29) is 12.2 Å². The third kappa shape index (κ3) is 3.96. The number of rotatable bonds is 7. The molecule has 4 aromatic rings. The van der Waals surface area contributed by atoms with Gasteiger partial charge in [0.05, 0.1) is 21.2 Å². The van der Waals surface area contributed by atoms with Crippen LogP contribution < -0.4 is 5.32 Å². The molecule has 0 spiro atoms. The second kappa shape index (κ2) is 8.26. The molecule has 0 aliphatic carbocycles. The van der Waals surface area contributed by atoms with Crippen LogP contribution in [0.3, 0.4) is 0 Å². The molecule has 9 heteroatoms. The van der Waals surface area contributed by atoms with Crippen LogP contribution in [0.5, 0.6) is 0 Å². The van der Waals surface area contributed by atoms with Crippen molar-refractivity contribution in [3.8, 4) is 11.3 Å². The summed E-state index contributed by atoms with van der Waals surface area (Å²) < 4.78 is 0. The van der Waals surface area contributed by atoms with Crippen molar-refractivity contribution in [2.75, 3.05) is 6.54 Å². The lowest BCUT2D eigenvalue weighted by Gasteiger charge is -2.02. The first-order valence-electron chi connectivity index (χ1n) is 9.11. The number of thiazole rings is 1. The topological polar surface area (TPSA) is 118 Å². The van der Waals surface area contributed by atoms with Gasteiger partial charge >= 0.3 is 0 Å². The first-order chi connectivity index (χ1) is 14.5. The number of hydrogen-bond donors (Lipinski definition) is 2. The predicted molar refractivity (Wildman–Crippen MR) is 114 cm³/mol. The van der Waals surface area contributed by atoms with Crippen LogP contribution in [0, 0.1) is 10.1 Å². The van der Waals surface area contributed by atoms with Crippen LogP contribution in [0.15, 0.2) is 60.1 Å². The number of amides is 1. The van der Waals surface area contributed by atoms with Gasteiger partial charge in [0.25, 0.3) is 17.4 Å². The van der Waals surface area contributed by atoms with E-state index >= 15 is 0 Å². The molecule has 0 saturated heterocycles. The first-order valence-corrected chi connectivity index (χ1v) is 9.99. The van der Waals surface area contributed by atoms with E-state index in [4.69, 9.17) is 0 Å². The van der Waals surface area contributed by atoms with Crippen molar-refractivity contribution in [3.63, 3.8) is 0 Å². The largest absolute Gasteiger partial charge is 0.360 e. The summed E-state index contributed by atoms with van der Waals surface area (Å²) in [6, 6.07) is 13.5. The third-order valence-electron chi connectivity index (χ3n) is 4.59. The van der Waals surface area contributed by atoms with Gasteiger partial charge in [-0.3, -0.25) is 19.7 Å². The van der Waals surface area contributed by atoms with Crippen molar-refractivity contribution in [2.24, 2.45) is 0 Å². The maximum Gasteiger partial charge on any atom is 0.292 e. The van der Waals surface area contributed by atoms with E-state index in [0.717, 1.165) is 16.1 Å². The summed E-state index contributed by atoms with van der Waals surface area (Å²) in [6.07, 6.45) is 2.02. The molecule has 2 N–H and O–H groups in total. The normalized spacial score (nSPS) is 10.8. The summed E-state index contributed by atoms with van der Waals surface area (Å²) in [6.45, 7) is 0.278. The maximum atomic E-state index is 12.4. The highest BCUT2D eigenvalue weighted by molar-refractivity contribution is 7.09. The van der Waals surface area contributed by atoms with Crippen LogP contribution in [0.1, 0.15) is 15.4 Å². The molecule has 2 aromatic heterocycles. The van der Waals surface area contributed by atoms with Gasteiger partial charge in [-0.25, -0.2) is 4.98 Å². The lowest BCUT2D eigenvalue weighted by molar-refractivity contribution is -0.384. The Kier molecular flexibility index (Phi) is 5.36. The summed E-state index contributed by atoms with van der Waals surface area (Å²) in [5, 5.41) is 16.8. The van der Waals surface area contributed by atoms with Crippen molar-refractivity contribution in [1.29, 1.82) is 0 Å². The number of benzene rings is 2. The minimum Gasteiger partial charge on any atom is -0.360 e. The van der Waals surface area contributed by atoms with E-state index in [2.05, 4.69) is 15.3 Å². The zero-order valence-corrected chi connectivity index (χ0v) is 16.4. The van der Waals surface area contributed by atoms with Crippen molar-refractivity contribution in [1.82, 2.24) is 15.3 Å². The standard InChI is InChI=1S/C21H16N4O4S/c26-20(16-11-23-17-4-2-1-3-15(16)17)21(27)22-10-9-19-24-18(12-30-19)13-5-7-14(8-6-13)25(28)29/h1-8,11-12,23H,9-10H2,(H,22,27). The number of carbonyl (C=O) groups is 2. The Bertz CT molecular complexity index is 1240. The molecule has 0 unspecified atom stereocenters. The Morgan fingerprint density at radius 1 is 1.13 bits per heavy atom. The molecule has 0 radical (unpaired) electrons. The zero-order chi connectivity index (χ0) is 21.1. The number of nitro groups is 1. The molecule has 4 rings (SSSR count). The number of H-pyrrole nitrogens is 1. The maximum absolute atomic E-state index is 12.4. The number of para-hydroxylation sites is 1. The molecule has 0 aliphatic heterocycles. The Balaban J connectivity index is 1.35. The molecule has 2 aromatic carbocycles. The number of fused-ring (bicyclic) bond motifs is 1. The van der Waals surface area contributed by atoms with Gasteiger partial charge in [0.2, 0.25) is 0 Å². The third-order valence-corrected chi connectivity index (χ3v) is 5.50. The fourth-order valence-corrected chi connectivity index (χ4v) is 3.86. The molecule has 30 heavy (non-hydrogen) atoms. The SMILES string of the molecule is O=C(NCCc1nc(-c2ccc([N+](=O)[O-])cc2)cs1)C(=O)c1c[nH]c2ccccc12. The molecule has 0 aliphatic rings. The van der Waals surface area contributed by atoms with Gasteiger partial charge in [-0.1, -0.05) is 18.2 Å². The van der Waals surface area contributed by atoms with E-state index in [1.54, 1.807) is 24.4 Å². The van der Waals surface area contributed by atoms with Gasteiger partial charge in [-0.15, -0.1) is 11.3 Å². The van der Waals surface area contributed by atoms with E-state index in [0.29, 0.717) is 23.1 Å². The molecule has 8 nitrogen and oxygen atoms in total. The average molecular weight is 420 g/mol. The number of hydrogen-bond acceptors (Lipinski definition) is 6. The molecule has 0 atom stereocenters. The predicted octanol–water partition coefficient (Wildman–Crippen LogP) is 3.74. The van der Waals surface area contributed by atoms with Gasteiger partial charge in [0, 0.05) is 53.1 Å². The minimum absolute atomic E-state index is 0.0248. The lowest BCUT2D eigenvalue weighted by atomic mass is 10.1. The number of nitro benzene ring substituents is 1. The van der Waals surface area contributed by atoms with Gasteiger partial charge < -0.3 is 10.3 Å². The number of ketones is 1. The monoisotopic (exact) mass is 420 g/mol. The van der Waals surface area contributed by atoms with E-state index in [1.165, 1.54) is 23.5 Å². The highest BCUT2D eigenvalue weighted by Crippen LogP contribution is 2.24. The van der Waals surface area contributed by atoms with Crippen LogP contribution >= 0.6 is 11.3 Å². The molecule has 0 saturated carbocycles. The fourth-order valence-electron chi connectivity index (χ4n) is 3.06. The average Bonchev–Trinajstić information content (AvgIpc) is 3.40. The first kappa shape index (κ1) is 19.5. The van der Waals surface area contributed by atoms with Crippen LogP contribution in [0.4, 0.5) is 5.69 Å². The van der Waals surface area contributed by atoms with Crippen LogP contribution in [-0.2, 0) is 11.2 Å². The summed E-state index contributed by atoms with van der Waals surface area (Å²) >= 11 is 1.43. The molecule has 1 amide bonds. The van der Waals surface area contributed by atoms with Gasteiger partial charge in [-0.05, 0) is 18.2 Å². The molecule has 150 valence electrons. The number of carbonyl (C=O) groups excluding carboxylic acids is 2. The van der Waals surface area contributed by atoms with Crippen LogP contribution in [0.2, 0.25) is 0 Å².